The third kappa shape index (κ3) is 2.18. The molecular weight excluding hydrogens is 302 g/mol. The van der Waals surface area contributed by atoms with Crippen molar-refractivity contribution in [2.75, 3.05) is 0 Å². The van der Waals surface area contributed by atoms with Crippen LogP contribution in [0.3, 0.4) is 0 Å². The lowest BCUT2D eigenvalue weighted by molar-refractivity contribution is -0.143. The van der Waals surface area contributed by atoms with Crippen LogP contribution in [0, 0.1) is 0 Å². The Morgan fingerprint density at radius 3 is 2.28 bits per heavy atom. The van der Waals surface area contributed by atoms with Crippen LogP contribution >= 0.6 is 10.7 Å². The number of nitrogens with zero attached hydrogens (tertiary/aromatic N) is 3. The molecule has 1 aliphatic carbocycles. The standard InChI is InChI=1S/C7H6ClF4N3O2S/c8-18(16,17)6-14-13-5(7(11,12)4(9)10)15(6)3-1-2-3/h3-4H,1-2H2. The van der Waals surface area contributed by atoms with E-state index < -0.39 is 38.4 Å². The minimum Gasteiger partial charge on any atom is -0.292 e. The SMILES string of the molecule is O=S(=O)(Cl)c1nnc(C(F)(F)C(F)F)n1C1CC1. The molecule has 1 saturated carbocycles. The molecule has 102 valence electrons. The van der Waals surface area contributed by atoms with E-state index in [0.29, 0.717) is 17.4 Å². The fourth-order valence-corrected chi connectivity index (χ4v) is 2.35. The van der Waals surface area contributed by atoms with Crippen LogP contribution in [-0.4, -0.2) is 29.6 Å². The lowest BCUT2D eigenvalue weighted by Crippen LogP contribution is -2.28. The molecule has 1 aliphatic rings. The van der Waals surface area contributed by atoms with Gasteiger partial charge in [-0.2, -0.15) is 8.78 Å². The van der Waals surface area contributed by atoms with E-state index in [2.05, 4.69) is 10.2 Å². The van der Waals surface area contributed by atoms with E-state index in [0.717, 1.165) is 0 Å². The summed E-state index contributed by atoms with van der Waals surface area (Å²) in [5, 5.41) is 4.90. The molecule has 0 atom stereocenters. The van der Waals surface area contributed by atoms with Gasteiger partial charge in [0.05, 0.1) is 0 Å². The molecule has 5 nitrogen and oxygen atoms in total. The third-order valence-corrected chi connectivity index (χ3v) is 3.50. The number of hydrogen-bond acceptors (Lipinski definition) is 4. The molecule has 0 bridgehead atoms. The van der Waals surface area contributed by atoms with Crippen molar-refractivity contribution in [3.63, 3.8) is 0 Å². The lowest BCUT2D eigenvalue weighted by atomic mass is 10.3. The Hall–Kier alpha value is -0.900. The predicted molar refractivity (Wildman–Crippen MR) is 51.2 cm³/mol. The molecule has 2 rings (SSSR count). The van der Waals surface area contributed by atoms with Crippen LogP contribution in [0.2, 0.25) is 0 Å². The molecule has 0 amide bonds. The lowest BCUT2D eigenvalue weighted by Gasteiger charge is -2.15. The summed E-state index contributed by atoms with van der Waals surface area (Å²) in [7, 11) is 0.575. The molecule has 18 heavy (non-hydrogen) atoms. The smallest absolute Gasteiger partial charge is 0.292 e. The number of rotatable bonds is 4. The van der Waals surface area contributed by atoms with Crippen LogP contribution in [0.4, 0.5) is 17.6 Å². The average Bonchev–Trinajstić information content (AvgIpc) is 2.94. The second kappa shape index (κ2) is 4.05. The van der Waals surface area contributed by atoms with Crippen LogP contribution in [0.5, 0.6) is 0 Å². The van der Waals surface area contributed by atoms with Gasteiger partial charge >= 0.3 is 12.3 Å². The summed E-state index contributed by atoms with van der Waals surface area (Å²) in [6, 6.07) is -0.636. The van der Waals surface area contributed by atoms with Gasteiger partial charge in [-0.15, -0.1) is 10.2 Å². The van der Waals surface area contributed by atoms with Crippen molar-refractivity contribution in [2.24, 2.45) is 0 Å². The largest absolute Gasteiger partial charge is 0.365 e. The van der Waals surface area contributed by atoms with E-state index in [1.165, 1.54) is 0 Å². The van der Waals surface area contributed by atoms with Gasteiger partial charge in [0.25, 0.3) is 14.2 Å². The van der Waals surface area contributed by atoms with Crippen molar-refractivity contribution >= 4 is 19.7 Å². The summed E-state index contributed by atoms with van der Waals surface area (Å²) < 4.78 is 73.6. The zero-order valence-electron chi connectivity index (χ0n) is 8.53. The minimum absolute atomic E-state index is 0.379. The van der Waals surface area contributed by atoms with Crippen molar-refractivity contribution in [1.82, 2.24) is 14.8 Å². The molecule has 1 aromatic rings. The molecule has 0 unspecified atom stereocenters. The van der Waals surface area contributed by atoms with Gasteiger partial charge in [-0.25, -0.2) is 17.2 Å². The van der Waals surface area contributed by atoms with Gasteiger partial charge in [-0.05, 0) is 12.8 Å². The first-order chi connectivity index (χ1) is 8.15. The van der Waals surface area contributed by atoms with Crippen LogP contribution in [0.15, 0.2) is 5.16 Å². The van der Waals surface area contributed by atoms with Crippen molar-refractivity contribution in [3.8, 4) is 0 Å². The van der Waals surface area contributed by atoms with Gasteiger partial charge < -0.3 is 0 Å². The molecule has 0 spiro atoms. The molecule has 0 aliphatic heterocycles. The average molecular weight is 308 g/mol. The Morgan fingerprint density at radius 2 is 1.89 bits per heavy atom. The molecule has 0 saturated heterocycles. The summed E-state index contributed by atoms with van der Waals surface area (Å²) in [6.45, 7) is 0. The van der Waals surface area contributed by atoms with E-state index >= 15 is 0 Å². The number of aromatic nitrogens is 3. The number of halogens is 5. The third-order valence-electron chi connectivity index (χ3n) is 2.37. The highest BCUT2D eigenvalue weighted by Crippen LogP contribution is 2.43. The summed E-state index contributed by atoms with van der Waals surface area (Å²) in [4.78, 5) is 0. The minimum atomic E-state index is -4.57. The monoisotopic (exact) mass is 307 g/mol. The number of alkyl halides is 4. The molecular formula is C7H6ClF4N3O2S. The molecule has 1 fully saturated rings. The highest BCUT2D eigenvalue weighted by atomic mass is 35.7. The number of hydrogen-bond donors (Lipinski definition) is 0. The van der Waals surface area contributed by atoms with Gasteiger partial charge in [0, 0.05) is 16.7 Å². The van der Waals surface area contributed by atoms with Gasteiger partial charge in [0.1, 0.15) is 0 Å². The first-order valence-electron chi connectivity index (χ1n) is 4.71. The Kier molecular flexibility index (Phi) is 3.05. The van der Waals surface area contributed by atoms with Crippen LogP contribution < -0.4 is 0 Å². The Bertz CT molecular complexity index is 569. The summed E-state index contributed by atoms with van der Waals surface area (Å²) in [5.41, 5.74) is 0. The van der Waals surface area contributed by atoms with Crippen LogP contribution in [0.1, 0.15) is 24.7 Å². The van der Waals surface area contributed by atoms with Crippen molar-refractivity contribution < 1.29 is 26.0 Å². The van der Waals surface area contributed by atoms with Crippen molar-refractivity contribution in [1.29, 1.82) is 0 Å². The molecule has 0 radical (unpaired) electrons. The molecule has 1 heterocycles. The van der Waals surface area contributed by atoms with E-state index in [9.17, 15) is 26.0 Å². The molecule has 1 aromatic heterocycles. The van der Waals surface area contributed by atoms with E-state index in [1.807, 2.05) is 0 Å². The maximum Gasteiger partial charge on any atom is 0.365 e. The molecule has 0 aromatic carbocycles. The normalized spacial score (nSPS) is 17.4. The molecule has 0 N–H and O–H groups in total. The van der Waals surface area contributed by atoms with Crippen molar-refractivity contribution in [2.45, 2.75) is 36.4 Å². The van der Waals surface area contributed by atoms with E-state index in [1.54, 1.807) is 0 Å². The fraction of sp³-hybridized carbons (Fsp3) is 0.714. The Labute approximate surface area is 103 Å². The topological polar surface area (TPSA) is 64.8 Å². The second-order valence-corrected chi connectivity index (χ2v) is 6.23. The van der Waals surface area contributed by atoms with Crippen LogP contribution in [0.25, 0.3) is 0 Å². The fourth-order valence-electron chi connectivity index (χ4n) is 1.43. The maximum atomic E-state index is 13.2. The molecule has 11 heteroatoms. The van der Waals surface area contributed by atoms with E-state index in [-0.39, 0.29) is 0 Å². The zero-order chi connectivity index (χ0) is 13.7. The van der Waals surface area contributed by atoms with Gasteiger partial charge in [-0.1, -0.05) is 0 Å². The van der Waals surface area contributed by atoms with Crippen molar-refractivity contribution in [3.05, 3.63) is 5.82 Å². The maximum absolute atomic E-state index is 13.2. The first-order valence-corrected chi connectivity index (χ1v) is 7.02. The zero-order valence-corrected chi connectivity index (χ0v) is 10.1. The first kappa shape index (κ1) is 13.5. The Morgan fingerprint density at radius 1 is 1.33 bits per heavy atom. The van der Waals surface area contributed by atoms with Gasteiger partial charge in [0.15, 0.2) is 0 Å². The quantitative estimate of drug-likeness (QED) is 0.629. The highest BCUT2D eigenvalue weighted by molar-refractivity contribution is 8.13. The summed E-state index contributed by atoms with van der Waals surface area (Å²) in [6.07, 6.45) is -3.25. The summed E-state index contributed by atoms with van der Waals surface area (Å²) >= 11 is 0. The summed E-state index contributed by atoms with van der Waals surface area (Å²) in [5.74, 6) is -5.95. The van der Waals surface area contributed by atoms with E-state index in [4.69, 9.17) is 10.7 Å². The second-order valence-electron chi connectivity index (χ2n) is 3.77. The van der Waals surface area contributed by atoms with Gasteiger partial charge in [-0.3, -0.25) is 4.57 Å². The predicted octanol–water partition coefficient (Wildman–Crippen LogP) is 1.90. The van der Waals surface area contributed by atoms with Crippen LogP contribution in [-0.2, 0) is 15.0 Å². The van der Waals surface area contributed by atoms with Gasteiger partial charge in [0.2, 0.25) is 5.82 Å². The Balaban J connectivity index is 2.60. The highest BCUT2D eigenvalue weighted by Gasteiger charge is 2.50.